The number of allylic oxidation sites excluding steroid dienone is 1. The molecule has 2 aromatic rings. The number of amidine groups is 1. The van der Waals surface area contributed by atoms with Crippen molar-refractivity contribution in [3.63, 3.8) is 0 Å². The molecule has 0 bridgehead atoms. The van der Waals surface area contributed by atoms with Gasteiger partial charge < -0.3 is 11.5 Å². The average molecular weight is 351 g/mol. The number of nitrogens with two attached hydrogens (primary N) is 2. The van der Waals surface area contributed by atoms with Gasteiger partial charge in [-0.05, 0) is 11.4 Å². The lowest BCUT2D eigenvalue weighted by molar-refractivity contribution is -0.385. The van der Waals surface area contributed by atoms with E-state index in [9.17, 15) is 15.4 Å². The lowest BCUT2D eigenvalue weighted by Gasteiger charge is -2.25. The van der Waals surface area contributed by atoms with Gasteiger partial charge in [0.05, 0.1) is 33.1 Å². The maximum Gasteiger partial charge on any atom is 0.273 e. The summed E-state index contributed by atoms with van der Waals surface area (Å²) in [5.41, 5.74) is 13.1. The van der Waals surface area contributed by atoms with E-state index < -0.39 is 10.8 Å². The molecule has 0 aliphatic carbocycles. The Hall–Kier alpha value is -3.44. The van der Waals surface area contributed by atoms with Crippen LogP contribution in [-0.2, 0) is 0 Å². The molecule has 0 amide bonds. The third-order valence-electron chi connectivity index (χ3n) is 3.88. The molecule has 8 heteroatoms. The van der Waals surface area contributed by atoms with Crippen LogP contribution in [0.4, 0.5) is 5.69 Å². The van der Waals surface area contributed by atoms with Crippen molar-refractivity contribution in [2.45, 2.75) is 5.92 Å². The first-order valence-electron chi connectivity index (χ1n) is 7.26. The number of nitrogens with zero attached hydrogens (tertiary/aromatic N) is 3. The second kappa shape index (κ2) is 6.59. The Morgan fingerprint density at radius 1 is 1.32 bits per heavy atom. The zero-order valence-corrected chi connectivity index (χ0v) is 13.7. The molecule has 1 unspecified atom stereocenters. The number of nitro groups is 1. The molecule has 0 saturated heterocycles. The molecule has 0 fully saturated rings. The van der Waals surface area contributed by atoms with Crippen molar-refractivity contribution in [3.8, 4) is 6.07 Å². The molecule has 0 radical (unpaired) electrons. The quantitative estimate of drug-likeness (QED) is 0.648. The number of hydrogen-bond donors (Lipinski definition) is 2. The highest BCUT2D eigenvalue weighted by molar-refractivity contribution is 7.11. The summed E-state index contributed by atoms with van der Waals surface area (Å²) in [6, 6.07) is 12.1. The third kappa shape index (κ3) is 2.77. The monoisotopic (exact) mass is 351 g/mol. The smallest absolute Gasteiger partial charge is 0.273 e. The van der Waals surface area contributed by atoms with Gasteiger partial charge in [-0.25, -0.2) is 4.99 Å². The predicted octanol–water partition coefficient (Wildman–Crippen LogP) is 2.89. The first kappa shape index (κ1) is 16.4. The van der Waals surface area contributed by atoms with E-state index in [1.807, 2.05) is 17.5 Å². The minimum Gasteiger partial charge on any atom is -0.404 e. The Labute approximate surface area is 147 Å². The summed E-state index contributed by atoms with van der Waals surface area (Å²) in [4.78, 5) is 16.0. The fraction of sp³-hybridized carbons (Fsp3) is 0.0588. The summed E-state index contributed by atoms with van der Waals surface area (Å²) in [7, 11) is 0. The van der Waals surface area contributed by atoms with Gasteiger partial charge in [0.15, 0.2) is 0 Å². The SMILES string of the molecule is N#CC1=C(c2cccs2)N=C(N)/C(=C\N)C1c1ccccc1[N+](=O)[O-]. The molecular weight excluding hydrogens is 338 g/mol. The zero-order chi connectivity index (χ0) is 18.0. The minimum absolute atomic E-state index is 0.0974. The van der Waals surface area contributed by atoms with E-state index in [4.69, 9.17) is 11.5 Å². The number of hydrogen-bond acceptors (Lipinski definition) is 7. The maximum atomic E-state index is 11.4. The predicted molar refractivity (Wildman–Crippen MR) is 96.6 cm³/mol. The van der Waals surface area contributed by atoms with Gasteiger partial charge in [-0.1, -0.05) is 24.3 Å². The average Bonchev–Trinajstić information content (AvgIpc) is 3.15. The lowest BCUT2D eigenvalue weighted by atomic mass is 9.81. The van der Waals surface area contributed by atoms with Gasteiger partial charge >= 0.3 is 0 Å². The second-order valence-corrected chi connectivity index (χ2v) is 6.17. The number of rotatable bonds is 3. The summed E-state index contributed by atoms with van der Waals surface area (Å²) in [6.07, 6.45) is 1.25. The van der Waals surface area contributed by atoms with E-state index >= 15 is 0 Å². The van der Waals surface area contributed by atoms with Gasteiger partial charge in [0, 0.05) is 23.4 Å². The van der Waals surface area contributed by atoms with E-state index in [1.54, 1.807) is 18.2 Å². The number of thiophene rings is 1. The van der Waals surface area contributed by atoms with Crippen molar-refractivity contribution in [3.05, 3.63) is 79.7 Å². The second-order valence-electron chi connectivity index (χ2n) is 5.22. The van der Waals surface area contributed by atoms with Crippen LogP contribution >= 0.6 is 11.3 Å². The topological polar surface area (TPSA) is 131 Å². The van der Waals surface area contributed by atoms with Crippen LogP contribution in [0.3, 0.4) is 0 Å². The highest BCUT2D eigenvalue weighted by Gasteiger charge is 2.35. The minimum atomic E-state index is -0.744. The van der Waals surface area contributed by atoms with Gasteiger partial charge in [-0.3, -0.25) is 10.1 Å². The highest BCUT2D eigenvalue weighted by Crippen LogP contribution is 2.43. The first-order valence-corrected chi connectivity index (χ1v) is 8.14. The van der Waals surface area contributed by atoms with Crippen LogP contribution in [0.1, 0.15) is 16.4 Å². The fourth-order valence-electron chi connectivity index (χ4n) is 2.81. The Balaban J connectivity index is 2.32. The summed E-state index contributed by atoms with van der Waals surface area (Å²) >= 11 is 1.41. The van der Waals surface area contributed by atoms with Crippen molar-refractivity contribution in [1.82, 2.24) is 0 Å². The molecule has 0 saturated carbocycles. The summed E-state index contributed by atoms with van der Waals surface area (Å²) in [5.74, 6) is -0.598. The van der Waals surface area contributed by atoms with Crippen LogP contribution in [0, 0.1) is 21.4 Å². The molecule has 1 aromatic heterocycles. The van der Waals surface area contributed by atoms with Gasteiger partial charge in [0.1, 0.15) is 5.84 Å². The van der Waals surface area contributed by atoms with Gasteiger partial charge in [-0.15, -0.1) is 11.3 Å². The van der Waals surface area contributed by atoms with Crippen molar-refractivity contribution in [2.75, 3.05) is 0 Å². The molecule has 1 atom stereocenters. The first-order chi connectivity index (χ1) is 12.1. The zero-order valence-electron chi connectivity index (χ0n) is 12.9. The van der Waals surface area contributed by atoms with E-state index in [0.29, 0.717) is 16.8 Å². The Morgan fingerprint density at radius 2 is 2.08 bits per heavy atom. The van der Waals surface area contributed by atoms with Crippen molar-refractivity contribution < 1.29 is 4.92 Å². The lowest BCUT2D eigenvalue weighted by Crippen LogP contribution is -2.26. The number of nitro benzene ring substituents is 1. The van der Waals surface area contributed by atoms with E-state index in [2.05, 4.69) is 11.1 Å². The number of aliphatic imine (C=N–C) groups is 1. The molecule has 1 aromatic carbocycles. The molecule has 4 N–H and O–H groups in total. The Bertz CT molecular complexity index is 967. The normalized spacial score (nSPS) is 18.8. The third-order valence-corrected chi connectivity index (χ3v) is 4.76. The van der Waals surface area contributed by atoms with Crippen molar-refractivity contribution in [1.29, 1.82) is 5.26 Å². The number of para-hydroxylation sites is 1. The van der Waals surface area contributed by atoms with Crippen LogP contribution in [0.2, 0.25) is 0 Å². The molecule has 25 heavy (non-hydrogen) atoms. The van der Waals surface area contributed by atoms with E-state index in [1.165, 1.54) is 23.6 Å². The van der Waals surface area contributed by atoms with E-state index in [-0.39, 0.29) is 17.1 Å². The van der Waals surface area contributed by atoms with E-state index in [0.717, 1.165) is 4.88 Å². The number of nitriles is 1. The molecule has 124 valence electrons. The molecule has 1 aliphatic rings. The van der Waals surface area contributed by atoms with Gasteiger partial charge in [0.25, 0.3) is 5.69 Å². The maximum absolute atomic E-state index is 11.4. The Kier molecular flexibility index (Phi) is 4.33. The molecule has 3 rings (SSSR count). The standard InChI is InChI=1S/C17H13N5O2S/c18-8-11-15(10-4-1-2-5-13(10)22(23)24)12(9-19)17(20)21-16(11)14-6-3-7-25-14/h1-7,9,15H,19H2,(H2,20,21)/b12-9-. The largest absolute Gasteiger partial charge is 0.404 e. The van der Waals surface area contributed by atoms with Crippen LogP contribution in [0.25, 0.3) is 5.70 Å². The Morgan fingerprint density at radius 3 is 2.68 bits per heavy atom. The van der Waals surface area contributed by atoms with Crippen LogP contribution < -0.4 is 11.5 Å². The van der Waals surface area contributed by atoms with Crippen LogP contribution in [-0.4, -0.2) is 10.8 Å². The molecule has 2 heterocycles. The van der Waals surface area contributed by atoms with Gasteiger partial charge in [-0.2, -0.15) is 5.26 Å². The highest BCUT2D eigenvalue weighted by atomic mass is 32.1. The molecule has 7 nitrogen and oxygen atoms in total. The van der Waals surface area contributed by atoms with Crippen LogP contribution in [0.15, 0.2) is 64.1 Å². The summed E-state index contributed by atoms with van der Waals surface area (Å²) in [5, 5.41) is 23.1. The fourth-order valence-corrected chi connectivity index (χ4v) is 3.53. The molecule has 1 aliphatic heterocycles. The van der Waals surface area contributed by atoms with Gasteiger partial charge in [0.2, 0.25) is 0 Å². The molecule has 0 spiro atoms. The van der Waals surface area contributed by atoms with Crippen molar-refractivity contribution in [2.24, 2.45) is 16.5 Å². The van der Waals surface area contributed by atoms with Crippen LogP contribution in [0.5, 0.6) is 0 Å². The summed E-state index contributed by atoms with van der Waals surface area (Å²) < 4.78 is 0. The summed E-state index contributed by atoms with van der Waals surface area (Å²) in [6.45, 7) is 0. The molecular formula is C17H13N5O2S. The van der Waals surface area contributed by atoms with Crippen molar-refractivity contribution >= 4 is 28.6 Å². The number of benzene rings is 1.